The predicted molar refractivity (Wildman–Crippen MR) is 108 cm³/mol. The minimum atomic E-state index is -3.95. The number of Topliss-reactive ketones (excluding diaryl/α,β-unsaturated/α-hetero) is 1. The third-order valence-corrected chi connectivity index (χ3v) is 6.90. The predicted octanol–water partition coefficient (Wildman–Crippen LogP) is 2.83. The van der Waals surface area contributed by atoms with Crippen molar-refractivity contribution in [2.75, 3.05) is 11.9 Å². The summed E-state index contributed by atoms with van der Waals surface area (Å²) in [6.07, 6.45) is 3.55. The Morgan fingerprint density at radius 3 is 2.57 bits per heavy atom. The number of rotatable bonds is 7. The number of para-hydroxylation sites is 1. The number of unbranched alkanes of at least 4 members (excludes halogenated alkanes) is 2. The molecule has 2 aliphatic heterocycles. The summed E-state index contributed by atoms with van der Waals surface area (Å²) in [5, 5.41) is 2.92. The van der Waals surface area contributed by atoms with Crippen molar-refractivity contribution < 1.29 is 18.0 Å². The highest BCUT2D eigenvalue weighted by molar-refractivity contribution is 7.90. The highest BCUT2D eigenvalue weighted by Gasteiger charge is 2.52. The van der Waals surface area contributed by atoms with Crippen molar-refractivity contribution in [2.24, 2.45) is 16.2 Å². The van der Waals surface area contributed by atoms with Crippen LogP contribution in [-0.4, -0.2) is 43.4 Å². The minimum Gasteiger partial charge on any atom is -0.341 e. The molecule has 1 amide bonds. The first kappa shape index (κ1) is 20.5. The molecule has 0 radical (unpaired) electrons. The van der Waals surface area contributed by atoms with E-state index in [1.165, 1.54) is 6.07 Å². The number of amidine groups is 1. The zero-order valence-electron chi connectivity index (χ0n) is 16.5. The zero-order valence-corrected chi connectivity index (χ0v) is 17.3. The van der Waals surface area contributed by atoms with Crippen molar-refractivity contribution in [1.29, 1.82) is 0 Å². The highest BCUT2D eigenvalue weighted by Crippen LogP contribution is 2.34. The quantitative estimate of drug-likeness (QED) is 0.556. The van der Waals surface area contributed by atoms with Gasteiger partial charge in [0, 0.05) is 6.54 Å². The van der Waals surface area contributed by atoms with E-state index in [-0.39, 0.29) is 28.3 Å². The lowest BCUT2D eigenvalue weighted by atomic mass is 9.92. The first-order chi connectivity index (χ1) is 13.3. The number of benzene rings is 1. The molecule has 1 fully saturated rings. The van der Waals surface area contributed by atoms with Crippen LogP contribution in [0.15, 0.2) is 33.6 Å². The topological polar surface area (TPSA) is 95.9 Å². The van der Waals surface area contributed by atoms with Crippen LogP contribution in [-0.2, 0) is 19.6 Å². The second-order valence-corrected chi connectivity index (χ2v) is 9.05. The van der Waals surface area contributed by atoms with Crippen LogP contribution < -0.4 is 5.32 Å². The molecule has 0 spiro atoms. The summed E-state index contributed by atoms with van der Waals surface area (Å²) in [6, 6.07) is 5.83. The molecule has 152 valence electrons. The van der Waals surface area contributed by atoms with Crippen molar-refractivity contribution in [2.45, 2.75) is 57.4 Å². The van der Waals surface area contributed by atoms with Crippen LogP contribution >= 0.6 is 0 Å². The van der Waals surface area contributed by atoms with Crippen molar-refractivity contribution in [1.82, 2.24) is 4.90 Å². The maximum absolute atomic E-state index is 13.2. The summed E-state index contributed by atoms with van der Waals surface area (Å²) in [7, 11) is -3.95. The minimum absolute atomic E-state index is 0.00356. The highest BCUT2D eigenvalue weighted by atomic mass is 32.2. The number of anilines is 1. The summed E-state index contributed by atoms with van der Waals surface area (Å²) < 4.78 is 28.9. The van der Waals surface area contributed by atoms with Crippen LogP contribution in [0.5, 0.6) is 0 Å². The smallest absolute Gasteiger partial charge is 0.286 e. The van der Waals surface area contributed by atoms with E-state index < -0.39 is 22.0 Å². The van der Waals surface area contributed by atoms with Gasteiger partial charge in [0.25, 0.3) is 10.0 Å². The van der Waals surface area contributed by atoms with Crippen molar-refractivity contribution in [3.05, 3.63) is 24.3 Å². The largest absolute Gasteiger partial charge is 0.341 e. The summed E-state index contributed by atoms with van der Waals surface area (Å²) in [5.74, 6) is -1.90. The molecule has 1 aromatic carbocycles. The van der Waals surface area contributed by atoms with E-state index in [0.29, 0.717) is 12.2 Å². The van der Waals surface area contributed by atoms with Crippen molar-refractivity contribution >= 4 is 33.2 Å². The Hall–Kier alpha value is -2.22. The number of hydrogen-bond acceptors (Lipinski definition) is 5. The molecule has 0 aliphatic carbocycles. The number of amides is 1. The van der Waals surface area contributed by atoms with Gasteiger partial charge in [0.05, 0.1) is 11.7 Å². The summed E-state index contributed by atoms with van der Waals surface area (Å²) in [5.41, 5.74) is 0.345. The summed E-state index contributed by atoms with van der Waals surface area (Å²) in [4.78, 5) is 28.0. The summed E-state index contributed by atoms with van der Waals surface area (Å²) in [6.45, 7) is 6.51. The Bertz CT molecular complexity index is 910. The second-order valence-electron chi connectivity index (χ2n) is 7.48. The molecule has 2 aliphatic rings. The molecule has 1 N–H and O–H groups in total. The third kappa shape index (κ3) is 3.57. The van der Waals surface area contributed by atoms with Gasteiger partial charge in [0.2, 0.25) is 5.91 Å². The van der Waals surface area contributed by atoms with E-state index in [4.69, 9.17) is 0 Å². The Morgan fingerprint density at radius 2 is 1.89 bits per heavy atom. The van der Waals surface area contributed by atoms with Crippen LogP contribution in [0.4, 0.5) is 5.69 Å². The molecule has 3 rings (SSSR count). The maximum atomic E-state index is 13.2. The first-order valence-electron chi connectivity index (χ1n) is 9.87. The fraction of sp³-hybridized carbons (Fsp3) is 0.550. The van der Waals surface area contributed by atoms with Gasteiger partial charge in [-0.05, 0) is 24.5 Å². The first-order valence-corrected chi connectivity index (χ1v) is 11.3. The Morgan fingerprint density at radius 1 is 1.18 bits per heavy atom. The molecular formula is C20H27N3O4S. The fourth-order valence-corrected chi connectivity index (χ4v) is 5.01. The van der Waals surface area contributed by atoms with Crippen LogP contribution in [0.1, 0.15) is 46.5 Å². The second kappa shape index (κ2) is 8.03. The SMILES string of the molecule is CCCCCN1C(=O)C(C2=NS(=O)(=O)c3ccccc3N2)C(=O)[C@@H]1C(C)CC. The molecule has 1 aromatic rings. The number of fused-ring (bicyclic) bond motifs is 1. The molecule has 3 atom stereocenters. The van der Waals surface area contributed by atoms with Gasteiger partial charge in [0.15, 0.2) is 11.7 Å². The molecule has 1 saturated heterocycles. The normalized spacial score (nSPS) is 24.5. The number of hydrogen-bond donors (Lipinski definition) is 1. The maximum Gasteiger partial charge on any atom is 0.286 e. The lowest BCUT2D eigenvalue weighted by molar-refractivity contribution is -0.131. The van der Waals surface area contributed by atoms with Gasteiger partial charge < -0.3 is 10.2 Å². The van der Waals surface area contributed by atoms with Crippen molar-refractivity contribution in [3.8, 4) is 0 Å². The standard InChI is InChI=1S/C20H27N3O4S/c1-4-6-9-12-23-17(13(3)5-2)18(24)16(20(23)25)19-21-14-10-7-8-11-15(14)28(26,27)22-19/h7-8,10-11,13,16-17H,4-6,9,12H2,1-3H3,(H,21,22)/t13?,16?,17-/m0/s1. The Kier molecular flexibility index (Phi) is 5.88. The number of carbonyl (C=O) groups excluding carboxylic acids is 2. The van der Waals surface area contributed by atoms with Crippen LogP contribution in [0.2, 0.25) is 0 Å². The molecule has 0 aromatic heterocycles. The monoisotopic (exact) mass is 405 g/mol. The van der Waals surface area contributed by atoms with Gasteiger partial charge >= 0.3 is 0 Å². The molecular weight excluding hydrogens is 378 g/mol. The Balaban J connectivity index is 1.97. The van der Waals surface area contributed by atoms with Crippen LogP contribution in [0, 0.1) is 11.8 Å². The van der Waals surface area contributed by atoms with E-state index in [1.54, 1.807) is 23.1 Å². The number of nitrogens with zero attached hydrogens (tertiary/aromatic N) is 2. The fourth-order valence-electron chi connectivity index (χ4n) is 3.85. The lowest BCUT2D eigenvalue weighted by Crippen LogP contribution is -2.40. The number of nitrogens with one attached hydrogen (secondary N) is 1. The zero-order chi connectivity index (χ0) is 20.5. The molecule has 0 bridgehead atoms. The molecule has 2 unspecified atom stereocenters. The van der Waals surface area contributed by atoms with E-state index >= 15 is 0 Å². The van der Waals surface area contributed by atoms with Crippen LogP contribution in [0.25, 0.3) is 0 Å². The van der Waals surface area contributed by atoms with E-state index in [9.17, 15) is 18.0 Å². The van der Waals surface area contributed by atoms with Crippen LogP contribution in [0.3, 0.4) is 0 Å². The number of carbonyl (C=O) groups is 2. The van der Waals surface area contributed by atoms with Gasteiger partial charge in [0.1, 0.15) is 10.7 Å². The third-order valence-electron chi connectivity index (χ3n) is 5.55. The molecule has 8 heteroatoms. The Labute approximate surface area is 166 Å². The van der Waals surface area contributed by atoms with E-state index in [1.807, 2.05) is 13.8 Å². The molecule has 2 heterocycles. The van der Waals surface area contributed by atoms with Gasteiger partial charge in [-0.1, -0.05) is 52.2 Å². The number of ketones is 1. The van der Waals surface area contributed by atoms with E-state index in [0.717, 1.165) is 25.7 Å². The van der Waals surface area contributed by atoms with Crippen molar-refractivity contribution in [3.63, 3.8) is 0 Å². The lowest BCUT2D eigenvalue weighted by Gasteiger charge is -2.27. The average molecular weight is 406 g/mol. The van der Waals surface area contributed by atoms with Gasteiger partial charge in [-0.3, -0.25) is 9.59 Å². The van der Waals surface area contributed by atoms with Gasteiger partial charge in [-0.25, -0.2) is 0 Å². The van der Waals surface area contributed by atoms with E-state index in [2.05, 4.69) is 16.6 Å². The number of sulfonamides is 1. The molecule has 0 saturated carbocycles. The average Bonchev–Trinajstić information content (AvgIpc) is 2.91. The van der Waals surface area contributed by atoms with Gasteiger partial charge in [-0.2, -0.15) is 8.42 Å². The molecule has 7 nitrogen and oxygen atoms in total. The molecule has 28 heavy (non-hydrogen) atoms. The summed E-state index contributed by atoms with van der Waals surface area (Å²) >= 11 is 0. The van der Waals surface area contributed by atoms with Gasteiger partial charge in [-0.15, -0.1) is 4.40 Å². The number of likely N-dealkylation sites (tertiary alicyclic amines) is 1.